The Labute approximate surface area is 66.3 Å². The van der Waals surface area contributed by atoms with Crippen LogP contribution < -0.4 is 0 Å². The molecule has 0 bridgehead atoms. The average molecular weight is 225 g/mol. The third kappa shape index (κ3) is 11300. The van der Waals surface area contributed by atoms with Gasteiger partial charge in [0.1, 0.15) is 0 Å². The number of alkyl halides is 3. The van der Waals surface area contributed by atoms with Crippen LogP contribution in [0.15, 0.2) is 0 Å². The summed E-state index contributed by atoms with van der Waals surface area (Å²) in [6.45, 7) is -3.67. The van der Waals surface area contributed by atoms with Crippen LogP contribution in [0.1, 0.15) is 0 Å². The zero-order chi connectivity index (χ0) is 8.08. The van der Waals surface area contributed by atoms with Gasteiger partial charge in [-0.3, -0.25) is 4.55 Å². The largest absolute Gasteiger partial charge is 0.379 e. The van der Waals surface area contributed by atoms with E-state index in [0.717, 1.165) is 0 Å². The molecule has 10 heavy (non-hydrogen) atoms. The second-order valence-corrected chi connectivity index (χ2v) is 2.45. The van der Waals surface area contributed by atoms with E-state index >= 15 is 0 Å². The van der Waals surface area contributed by atoms with Crippen molar-refractivity contribution in [2.24, 2.45) is 0 Å². The fourth-order valence-electron chi connectivity index (χ4n) is 0. The van der Waals surface area contributed by atoms with Gasteiger partial charge in [0.25, 0.3) is 10.1 Å². The van der Waals surface area contributed by atoms with E-state index in [2.05, 4.69) is 0 Å². The fourth-order valence-corrected chi connectivity index (χ4v) is 0. The molecule has 0 spiro atoms. The molecule has 3 nitrogen and oxygen atoms in total. The molecule has 0 radical (unpaired) electrons. The van der Waals surface area contributed by atoms with Crippen LogP contribution in [0.2, 0.25) is 0 Å². The van der Waals surface area contributed by atoms with Crippen LogP contribution in [0.5, 0.6) is 0 Å². The molecule has 68 valence electrons. The first kappa shape index (κ1) is 16.6. The van der Waals surface area contributed by atoms with Crippen molar-refractivity contribution in [1.29, 1.82) is 0 Å². The van der Waals surface area contributed by atoms with Gasteiger partial charge in [0.05, 0.1) is 6.26 Å². The van der Waals surface area contributed by atoms with Gasteiger partial charge in [0.2, 0.25) is 0 Å². The van der Waals surface area contributed by atoms with Crippen LogP contribution in [-0.4, -0.2) is 25.9 Å². The summed E-state index contributed by atoms with van der Waals surface area (Å²) in [4.78, 5) is 0. The first-order valence-corrected chi connectivity index (χ1v) is 3.43. The monoisotopic (exact) mass is 224 g/mol. The van der Waals surface area contributed by atoms with Gasteiger partial charge in [0, 0.05) is 16.5 Å². The molecule has 0 aliphatic carbocycles. The maximum absolute atomic E-state index is 9.67. The van der Waals surface area contributed by atoms with Gasteiger partial charge in [-0.05, 0) is 0 Å². The van der Waals surface area contributed by atoms with Crippen molar-refractivity contribution in [2.45, 2.75) is 6.68 Å². The Hall–Kier alpha value is 0.194. The first-order chi connectivity index (χ1) is 3.73. The minimum absolute atomic E-state index is 0. The van der Waals surface area contributed by atoms with E-state index in [0.29, 0.717) is 6.26 Å². The summed E-state index contributed by atoms with van der Waals surface area (Å²) in [5.74, 6) is 0. The molecule has 0 aliphatic heterocycles. The van der Waals surface area contributed by atoms with Crippen molar-refractivity contribution in [3.63, 3.8) is 0 Å². The van der Waals surface area contributed by atoms with Crippen molar-refractivity contribution >= 4 is 10.1 Å². The maximum Gasteiger partial charge on any atom is 0.379 e. The molecule has 0 unspecified atom stereocenters. The Bertz CT molecular complexity index is 133. The zero-order valence-corrected chi connectivity index (χ0v) is 6.50. The molecule has 0 saturated carbocycles. The van der Waals surface area contributed by atoms with Crippen molar-refractivity contribution in [2.75, 3.05) is 6.26 Å². The van der Waals surface area contributed by atoms with E-state index in [-0.39, 0.29) is 16.5 Å². The molecular formula is C2H5F3NiO3S. The molecule has 1 N–H and O–H groups in total. The molecule has 0 rings (SSSR count). The van der Waals surface area contributed by atoms with Crippen LogP contribution in [0.25, 0.3) is 0 Å². The number of halogens is 3. The molecule has 0 fully saturated rings. The summed E-state index contributed by atoms with van der Waals surface area (Å²) >= 11 is 0. The maximum atomic E-state index is 9.67. The second-order valence-electron chi connectivity index (χ2n) is 0.980. The van der Waals surface area contributed by atoms with Gasteiger partial charge in [-0.2, -0.15) is 21.6 Å². The van der Waals surface area contributed by atoms with Crippen molar-refractivity contribution in [3.05, 3.63) is 0 Å². The van der Waals surface area contributed by atoms with Gasteiger partial charge in [0.15, 0.2) is 0 Å². The minimum atomic E-state index is -3.67. The minimum Gasteiger partial charge on any atom is -0.286 e. The Kier molecular flexibility index (Phi) is 12.2. The fraction of sp³-hybridized carbons (Fsp3) is 1.00. The van der Waals surface area contributed by atoms with E-state index in [9.17, 15) is 21.6 Å². The average Bonchev–Trinajstić information content (AvgIpc) is 1.19. The van der Waals surface area contributed by atoms with Crippen molar-refractivity contribution in [1.82, 2.24) is 0 Å². The molecule has 0 aromatic heterocycles. The van der Waals surface area contributed by atoms with Gasteiger partial charge in [-0.15, -0.1) is 0 Å². The van der Waals surface area contributed by atoms with Gasteiger partial charge >= 0.3 is 6.68 Å². The summed E-state index contributed by atoms with van der Waals surface area (Å²) < 4.78 is 54.9. The molecular weight excluding hydrogens is 220 g/mol. The normalized spacial score (nSPS) is 9.40. The van der Waals surface area contributed by atoms with E-state index in [1.165, 1.54) is 0 Å². The van der Waals surface area contributed by atoms with Crippen molar-refractivity contribution < 1.29 is 42.6 Å². The van der Waals surface area contributed by atoms with Crippen LogP contribution in [-0.2, 0) is 26.6 Å². The molecule has 8 heteroatoms. The molecule has 0 saturated heterocycles. The van der Waals surface area contributed by atoms with E-state index in [1.54, 1.807) is 0 Å². The molecule has 0 heterocycles. The standard InChI is InChI=1S/CHF3.CH4O3S.Ni/c2-1(3)4;1-5(2,3)4;/h1H;1H3,(H,2,3,4);. The molecule has 0 aliphatic rings. The van der Waals surface area contributed by atoms with Crippen LogP contribution in [0, 0.1) is 0 Å². The topological polar surface area (TPSA) is 54.4 Å². The van der Waals surface area contributed by atoms with E-state index in [4.69, 9.17) is 4.55 Å². The zero-order valence-electron chi connectivity index (χ0n) is 4.70. The van der Waals surface area contributed by atoms with Crippen molar-refractivity contribution in [3.8, 4) is 0 Å². The molecule has 0 aromatic rings. The van der Waals surface area contributed by atoms with Crippen LogP contribution >= 0.6 is 0 Å². The predicted octanol–water partition coefficient (Wildman–Crippen LogP) is 0.680. The SMILES string of the molecule is CS(=O)(=O)O.FC(F)F.[Ni]. The van der Waals surface area contributed by atoms with Gasteiger partial charge in [-0.1, -0.05) is 0 Å². The molecule has 0 atom stereocenters. The van der Waals surface area contributed by atoms with E-state index < -0.39 is 16.8 Å². The number of hydrogen-bond acceptors (Lipinski definition) is 2. The summed E-state index contributed by atoms with van der Waals surface area (Å²) in [7, 11) is -3.67. The van der Waals surface area contributed by atoms with Crippen LogP contribution in [0.4, 0.5) is 13.2 Å². The number of rotatable bonds is 0. The first-order valence-electron chi connectivity index (χ1n) is 1.58. The smallest absolute Gasteiger partial charge is 0.286 e. The Morgan fingerprint density at radius 2 is 1.30 bits per heavy atom. The van der Waals surface area contributed by atoms with Gasteiger partial charge in [-0.25, -0.2) is 0 Å². The summed E-state index contributed by atoms with van der Waals surface area (Å²) in [5.41, 5.74) is 0. The Balaban J connectivity index is -0.0000000910. The van der Waals surface area contributed by atoms with Crippen LogP contribution in [0.3, 0.4) is 0 Å². The second kappa shape index (κ2) is 7.30. The third-order valence-electron chi connectivity index (χ3n) is 0. The quantitative estimate of drug-likeness (QED) is 0.487. The Morgan fingerprint density at radius 3 is 1.30 bits per heavy atom. The summed E-state index contributed by atoms with van der Waals surface area (Å²) in [5, 5.41) is 0. The molecule has 0 aromatic carbocycles. The molecule has 0 amide bonds. The third-order valence-corrected chi connectivity index (χ3v) is 0. The van der Waals surface area contributed by atoms with E-state index in [1.807, 2.05) is 0 Å². The Morgan fingerprint density at radius 1 is 1.30 bits per heavy atom. The van der Waals surface area contributed by atoms with Gasteiger partial charge < -0.3 is 0 Å². The summed E-state index contributed by atoms with van der Waals surface area (Å²) in [6.07, 6.45) is 0.715. The predicted molar refractivity (Wildman–Crippen MR) is 24.6 cm³/mol. The number of hydrogen-bond donors (Lipinski definition) is 1. The summed E-state index contributed by atoms with van der Waals surface area (Å²) in [6, 6.07) is 0.